The smallest absolute Gasteiger partial charge is 0.257 e. The van der Waals surface area contributed by atoms with Crippen LogP contribution in [0.1, 0.15) is 10.4 Å². The van der Waals surface area contributed by atoms with Crippen LogP contribution in [0.25, 0.3) is 0 Å². The molecule has 0 spiro atoms. The number of benzene rings is 2. The molecule has 2 N–H and O–H groups in total. The van der Waals surface area contributed by atoms with E-state index in [4.69, 9.17) is 27.9 Å². The molecule has 0 aliphatic rings. The molecule has 132 valence electrons. The van der Waals surface area contributed by atoms with Gasteiger partial charge in [-0.1, -0.05) is 35.3 Å². The molecule has 0 radical (unpaired) electrons. The second-order valence-electron chi connectivity index (χ2n) is 5.34. The highest BCUT2D eigenvalue weighted by Crippen LogP contribution is 2.27. The van der Waals surface area contributed by atoms with E-state index >= 15 is 0 Å². The van der Waals surface area contributed by atoms with Crippen molar-refractivity contribution in [1.82, 2.24) is 4.98 Å². The predicted molar refractivity (Wildman–Crippen MR) is 105 cm³/mol. The monoisotopic (exact) mass is 387 g/mol. The number of rotatable bonds is 5. The van der Waals surface area contributed by atoms with Crippen LogP contribution in [-0.2, 0) is 0 Å². The van der Waals surface area contributed by atoms with Gasteiger partial charge in [0.15, 0.2) is 0 Å². The molecular formula is C19H15Cl2N3O2. The van der Waals surface area contributed by atoms with Crippen LogP contribution in [-0.4, -0.2) is 18.0 Å². The van der Waals surface area contributed by atoms with Gasteiger partial charge in [-0.15, -0.1) is 0 Å². The first-order chi connectivity index (χ1) is 12.6. The molecule has 0 saturated heterocycles. The molecule has 0 saturated carbocycles. The number of nitrogens with zero attached hydrogens (tertiary/aromatic N) is 1. The summed E-state index contributed by atoms with van der Waals surface area (Å²) < 4.78 is 5.29. The van der Waals surface area contributed by atoms with Gasteiger partial charge in [-0.2, -0.15) is 0 Å². The van der Waals surface area contributed by atoms with Crippen molar-refractivity contribution in [3.63, 3.8) is 0 Å². The lowest BCUT2D eigenvalue weighted by molar-refractivity contribution is 0.102. The van der Waals surface area contributed by atoms with Crippen LogP contribution in [0, 0.1) is 0 Å². The van der Waals surface area contributed by atoms with E-state index in [1.807, 2.05) is 24.3 Å². The third-order valence-electron chi connectivity index (χ3n) is 3.57. The number of amides is 1. The van der Waals surface area contributed by atoms with Crippen molar-refractivity contribution in [1.29, 1.82) is 0 Å². The molecule has 1 aromatic heterocycles. The number of hydrogen-bond donors (Lipinski definition) is 2. The maximum atomic E-state index is 12.3. The van der Waals surface area contributed by atoms with Gasteiger partial charge in [0.25, 0.3) is 5.91 Å². The van der Waals surface area contributed by atoms with Gasteiger partial charge in [0, 0.05) is 11.2 Å². The van der Waals surface area contributed by atoms with Crippen LogP contribution < -0.4 is 15.4 Å². The topological polar surface area (TPSA) is 63.2 Å². The largest absolute Gasteiger partial charge is 0.495 e. The lowest BCUT2D eigenvalue weighted by Gasteiger charge is -2.11. The summed E-state index contributed by atoms with van der Waals surface area (Å²) in [5, 5.41) is 6.75. The number of halogens is 2. The van der Waals surface area contributed by atoms with Gasteiger partial charge in [-0.05, 0) is 42.5 Å². The molecule has 5 nitrogen and oxygen atoms in total. The summed E-state index contributed by atoms with van der Waals surface area (Å²) in [4.78, 5) is 16.6. The SMILES string of the molecule is COc1ccccc1Nc1ccc(C(=O)Nc2ccc(Cl)cc2Cl)cn1. The van der Waals surface area contributed by atoms with Crippen molar-refractivity contribution in [3.8, 4) is 5.75 Å². The Hall–Kier alpha value is -2.76. The van der Waals surface area contributed by atoms with Crippen molar-refractivity contribution in [2.45, 2.75) is 0 Å². The molecular weight excluding hydrogens is 373 g/mol. The summed E-state index contributed by atoms with van der Waals surface area (Å²) in [6.45, 7) is 0. The summed E-state index contributed by atoms with van der Waals surface area (Å²) in [7, 11) is 1.60. The number of anilines is 3. The van der Waals surface area contributed by atoms with E-state index in [1.54, 1.807) is 37.4 Å². The highest BCUT2D eigenvalue weighted by Gasteiger charge is 2.10. The number of aromatic nitrogens is 1. The number of para-hydroxylation sites is 2. The Kier molecular flexibility index (Phi) is 5.61. The van der Waals surface area contributed by atoms with Gasteiger partial charge in [0.2, 0.25) is 0 Å². The molecule has 0 aliphatic carbocycles. The van der Waals surface area contributed by atoms with E-state index in [1.165, 1.54) is 6.20 Å². The van der Waals surface area contributed by atoms with Crippen LogP contribution in [0.15, 0.2) is 60.8 Å². The first-order valence-corrected chi connectivity index (χ1v) is 8.45. The maximum Gasteiger partial charge on any atom is 0.257 e. The van der Waals surface area contributed by atoms with Crippen molar-refractivity contribution >= 4 is 46.3 Å². The minimum absolute atomic E-state index is 0.314. The summed E-state index contributed by atoms with van der Waals surface area (Å²) in [5.74, 6) is 0.981. The third kappa shape index (κ3) is 4.25. The second kappa shape index (κ2) is 8.08. The second-order valence-corrected chi connectivity index (χ2v) is 6.18. The summed E-state index contributed by atoms with van der Waals surface area (Å²) in [6.07, 6.45) is 1.48. The normalized spacial score (nSPS) is 10.3. The Balaban J connectivity index is 1.71. The number of carbonyl (C=O) groups excluding carboxylic acids is 1. The molecule has 7 heteroatoms. The van der Waals surface area contributed by atoms with E-state index in [-0.39, 0.29) is 5.91 Å². The molecule has 1 heterocycles. The summed E-state index contributed by atoms with van der Waals surface area (Å²) in [5.41, 5.74) is 1.67. The Morgan fingerprint density at radius 3 is 2.54 bits per heavy atom. The van der Waals surface area contributed by atoms with E-state index < -0.39 is 0 Å². The van der Waals surface area contributed by atoms with E-state index in [0.717, 1.165) is 5.69 Å². The fourth-order valence-electron chi connectivity index (χ4n) is 2.27. The Labute approximate surface area is 160 Å². The van der Waals surface area contributed by atoms with Crippen LogP contribution in [0.2, 0.25) is 10.0 Å². The minimum atomic E-state index is -0.314. The number of hydrogen-bond acceptors (Lipinski definition) is 4. The van der Waals surface area contributed by atoms with E-state index in [0.29, 0.717) is 32.9 Å². The Morgan fingerprint density at radius 1 is 1.04 bits per heavy atom. The lowest BCUT2D eigenvalue weighted by atomic mass is 10.2. The molecule has 0 fully saturated rings. The summed E-state index contributed by atoms with van der Waals surface area (Å²) >= 11 is 11.9. The quantitative estimate of drug-likeness (QED) is 0.615. The van der Waals surface area contributed by atoms with Crippen molar-refractivity contribution in [2.24, 2.45) is 0 Å². The highest BCUT2D eigenvalue weighted by molar-refractivity contribution is 6.36. The number of carbonyl (C=O) groups is 1. The molecule has 0 aliphatic heterocycles. The van der Waals surface area contributed by atoms with Crippen LogP contribution in [0.5, 0.6) is 5.75 Å². The maximum absolute atomic E-state index is 12.3. The molecule has 2 aromatic carbocycles. The summed E-state index contributed by atoms with van der Waals surface area (Å²) in [6, 6.07) is 15.8. The first-order valence-electron chi connectivity index (χ1n) is 7.69. The fourth-order valence-corrected chi connectivity index (χ4v) is 2.73. The molecule has 0 unspecified atom stereocenters. The molecule has 1 amide bonds. The minimum Gasteiger partial charge on any atom is -0.495 e. The Bertz CT molecular complexity index is 930. The molecule has 0 bridgehead atoms. The van der Waals surface area contributed by atoms with Gasteiger partial charge in [0.1, 0.15) is 11.6 Å². The zero-order valence-corrected chi connectivity index (χ0v) is 15.3. The number of ether oxygens (including phenoxy) is 1. The first kappa shape index (κ1) is 18.0. The standard InChI is InChI=1S/C19H15Cl2N3O2/c1-26-17-5-3-2-4-16(17)23-18-9-6-12(11-22-18)19(25)24-15-8-7-13(20)10-14(15)21/h2-11H,1H3,(H,22,23)(H,24,25). The number of methoxy groups -OCH3 is 1. The molecule has 0 atom stereocenters. The number of pyridine rings is 1. The van der Waals surface area contributed by atoms with E-state index in [9.17, 15) is 4.79 Å². The molecule has 3 aromatic rings. The number of nitrogens with one attached hydrogen (secondary N) is 2. The van der Waals surface area contributed by atoms with Gasteiger partial charge in [0.05, 0.1) is 29.1 Å². The van der Waals surface area contributed by atoms with Crippen LogP contribution in [0.4, 0.5) is 17.2 Å². The average Bonchev–Trinajstić information content (AvgIpc) is 2.65. The Morgan fingerprint density at radius 2 is 1.85 bits per heavy atom. The zero-order chi connectivity index (χ0) is 18.5. The van der Waals surface area contributed by atoms with Crippen LogP contribution in [0.3, 0.4) is 0 Å². The highest BCUT2D eigenvalue weighted by atomic mass is 35.5. The van der Waals surface area contributed by atoms with Crippen molar-refractivity contribution in [2.75, 3.05) is 17.7 Å². The van der Waals surface area contributed by atoms with Gasteiger partial charge in [-0.3, -0.25) is 4.79 Å². The zero-order valence-electron chi connectivity index (χ0n) is 13.8. The van der Waals surface area contributed by atoms with E-state index in [2.05, 4.69) is 15.6 Å². The molecule has 26 heavy (non-hydrogen) atoms. The van der Waals surface area contributed by atoms with Gasteiger partial charge >= 0.3 is 0 Å². The average molecular weight is 388 g/mol. The van der Waals surface area contributed by atoms with Crippen LogP contribution >= 0.6 is 23.2 Å². The van der Waals surface area contributed by atoms with Crippen molar-refractivity contribution in [3.05, 3.63) is 76.4 Å². The van der Waals surface area contributed by atoms with Gasteiger partial charge < -0.3 is 15.4 Å². The lowest BCUT2D eigenvalue weighted by Crippen LogP contribution is -2.12. The molecule has 3 rings (SSSR count). The predicted octanol–water partition coefficient (Wildman–Crippen LogP) is 5.39. The fraction of sp³-hybridized carbons (Fsp3) is 0.0526. The van der Waals surface area contributed by atoms with Crippen molar-refractivity contribution < 1.29 is 9.53 Å². The third-order valence-corrected chi connectivity index (χ3v) is 4.12. The van der Waals surface area contributed by atoms with Gasteiger partial charge in [-0.25, -0.2) is 4.98 Å².